The molecule has 0 N–H and O–H groups in total. The third-order valence-corrected chi connectivity index (χ3v) is 7.91. The van der Waals surface area contributed by atoms with Crippen LogP contribution in [0, 0.1) is 12.3 Å². The van der Waals surface area contributed by atoms with E-state index in [1.165, 1.54) is 35.6 Å². The van der Waals surface area contributed by atoms with Crippen LogP contribution >= 0.6 is 11.3 Å². The van der Waals surface area contributed by atoms with Crippen LogP contribution in [0.1, 0.15) is 24.2 Å². The molecule has 0 fully saturated rings. The summed E-state index contributed by atoms with van der Waals surface area (Å²) in [6, 6.07) is 9.41. The fraction of sp³-hybridized carbons (Fsp3) is 0.273. The van der Waals surface area contributed by atoms with Crippen molar-refractivity contribution in [2.75, 3.05) is 14.2 Å². The molecule has 9 heteroatoms. The number of nitrogens with zero attached hydrogens (tertiary/aromatic N) is 2. The van der Waals surface area contributed by atoms with Gasteiger partial charge in [-0.25, -0.2) is 8.42 Å². The van der Waals surface area contributed by atoms with Gasteiger partial charge in [0.1, 0.15) is 21.7 Å². The number of amides is 1. The monoisotopic (exact) mass is 458 g/mol. The Bertz CT molecular complexity index is 1360. The number of methoxy groups -OCH3 is 2. The lowest BCUT2D eigenvalue weighted by molar-refractivity contribution is 0.0997. The third kappa shape index (κ3) is 4.22. The molecule has 1 aromatic heterocycles. The molecule has 2 aromatic carbocycles. The molecule has 0 aliphatic carbocycles. The number of hydrogen-bond donors (Lipinski definition) is 0. The topological polar surface area (TPSA) is 87.0 Å². The average molecular weight is 459 g/mol. The van der Waals surface area contributed by atoms with Crippen LogP contribution in [-0.2, 0) is 16.4 Å². The van der Waals surface area contributed by atoms with Crippen LogP contribution in [0.5, 0.6) is 11.5 Å². The fourth-order valence-electron chi connectivity index (χ4n) is 3.01. The van der Waals surface area contributed by atoms with Gasteiger partial charge in [-0.1, -0.05) is 23.3 Å². The standard InChI is InChI=1S/C22H22N2O5S2/c1-6-12-24-19-17(28-4)10-11-18(29-5)20(19)30-22(24)23-21(25)15-8-7-9-16(13-15)31(26,27)14(2)3/h1,7-11,13-14H,12H2,2-5H3. The molecule has 162 valence electrons. The Morgan fingerprint density at radius 2 is 1.87 bits per heavy atom. The molecule has 0 atom stereocenters. The second-order valence-electron chi connectivity index (χ2n) is 6.86. The van der Waals surface area contributed by atoms with E-state index in [1.54, 1.807) is 44.8 Å². The number of hydrogen-bond acceptors (Lipinski definition) is 6. The predicted octanol–water partition coefficient (Wildman–Crippen LogP) is 3.28. The Morgan fingerprint density at radius 1 is 1.19 bits per heavy atom. The Kier molecular flexibility index (Phi) is 6.53. The normalized spacial score (nSPS) is 12.2. The number of benzene rings is 2. The molecule has 0 saturated carbocycles. The van der Waals surface area contributed by atoms with Gasteiger partial charge in [-0.05, 0) is 44.2 Å². The summed E-state index contributed by atoms with van der Waals surface area (Å²) in [5.41, 5.74) is 0.845. The number of sulfone groups is 1. The first-order valence-electron chi connectivity index (χ1n) is 9.35. The number of aromatic nitrogens is 1. The zero-order valence-electron chi connectivity index (χ0n) is 17.6. The molecule has 1 amide bonds. The van der Waals surface area contributed by atoms with E-state index in [0.29, 0.717) is 21.8 Å². The van der Waals surface area contributed by atoms with E-state index in [9.17, 15) is 13.2 Å². The molecule has 0 spiro atoms. The largest absolute Gasteiger partial charge is 0.495 e. The van der Waals surface area contributed by atoms with E-state index >= 15 is 0 Å². The van der Waals surface area contributed by atoms with Crippen molar-refractivity contribution in [1.29, 1.82) is 0 Å². The number of ether oxygens (including phenoxy) is 2. The number of terminal acetylenes is 1. The zero-order chi connectivity index (χ0) is 22.8. The number of thiazole rings is 1. The molecule has 0 bridgehead atoms. The van der Waals surface area contributed by atoms with E-state index in [4.69, 9.17) is 15.9 Å². The van der Waals surface area contributed by atoms with Gasteiger partial charge < -0.3 is 14.0 Å². The maximum Gasteiger partial charge on any atom is 0.279 e. The maximum atomic E-state index is 12.9. The van der Waals surface area contributed by atoms with Crippen molar-refractivity contribution in [2.24, 2.45) is 4.99 Å². The summed E-state index contributed by atoms with van der Waals surface area (Å²) in [4.78, 5) is 17.6. The van der Waals surface area contributed by atoms with Crippen molar-refractivity contribution in [3.63, 3.8) is 0 Å². The van der Waals surface area contributed by atoms with E-state index in [0.717, 1.165) is 4.70 Å². The molecule has 0 aliphatic heterocycles. The molecule has 3 rings (SSSR count). The van der Waals surface area contributed by atoms with Gasteiger partial charge in [-0.15, -0.1) is 6.42 Å². The van der Waals surface area contributed by atoms with Gasteiger partial charge in [0.25, 0.3) is 5.91 Å². The van der Waals surface area contributed by atoms with Gasteiger partial charge >= 0.3 is 0 Å². The molecule has 1 heterocycles. The van der Waals surface area contributed by atoms with Crippen molar-refractivity contribution in [3.05, 3.63) is 46.8 Å². The highest BCUT2D eigenvalue weighted by Crippen LogP contribution is 2.35. The molecule has 0 aliphatic rings. The van der Waals surface area contributed by atoms with Crippen molar-refractivity contribution in [2.45, 2.75) is 30.5 Å². The lowest BCUT2D eigenvalue weighted by atomic mass is 10.2. The molecule has 31 heavy (non-hydrogen) atoms. The second-order valence-corrected chi connectivity index (χ2v) is 10.3. The highest BCUT2D eigenvalue weighted by molar-refractivity contribution is 7.92. The maximum absolute atomic E-state index is 12.9. The van der Waals surface area contributed by atoms with E-state index in [1.807, 2.05) is 0 Å². The zero-order valence-corrected chi connectivity index (χ0v) is 19.2. The second kappa shape index (κ2) is 8.96. The third-order valence-electron chi connectivity index (χ3n) is 4.67. The van der Waals surface area contributed by atoms with Crippen molar-refractivity contribution < 1.29 is 22.7 Å². The van der Waals surface area contributed by atoms with Gasteiger partial charge in [-0.3, -0.25) is 4.79 Å². The predicted molar refractivity (Wildman–Crippen MR) is 120 cm³/mol. The van der Waals surface area contributed by atoms with Crippen LogP contribution in [0.15, 0.2) is 46.3 Å². The summed E-state index contributed by atoms with van der Waals surface area (Å²) in [5.74, 6) is 3.17. The summed E-state index contributed by atoms with van der Waals surface area (Å²) in [5, 5.41) is -0.602. The summed E-state index contributed by atoms with van der Waals surface area (Å²) in [7, 11) is -0.423. The molecule has 0 radical (unpaired) electrons. The van der Waals surface area contributed by atoms with Crippen molar-refractivity contribution in [1.82, 2.24) is 4.57 Å². The Balaban J connectivity index is 2.20. The van der Waals surface area contributed by atoms with Crippen LogP contribution in [0.25, 0.3) is 10.2 Å². The number of rotatable bonds is 6. The van der Waals surface area contributed by atoms with Crippen LogP contribution in [0.4, 0.5) is 0 Å². The van der Waals surface area contributed by atoms with Gasteiger partial charge in [0.2, 0.25) is 0 Å². The van der Waals surface area contributed by atoms with Crippen LogP contribution in [0.2, 0.25) is 0 Å². The van der Waals surface area contributed by atoms with Gasteiger partial charge in [0.05, 0.1) is 30.9 Å². The van der Waals surface area contributed by atoms with Gasteiger partial charge in [0.15, 0.2) is 14.6 Å². The van der Waals surface area contributed by atoms with E-state index in [2.05, 4.69) is 10.9 Å². The summed E-state index contributed by atoms with van der Waals surface area (Å²) in [6.45, 7) is 3.35. The SMILES string of the molecule is C#CCn1c(=NC(=O)c2cccc(S(=O)(=O)C(C)C)c2)sc2c(OC)ccc(OC)c21. The highest BCUT2D eigenvalue weighted by atomic mass is 32.2. The first-order valence-corrected chi connectivity index (χ1v) is 11.7. The van der Waals surface area contributed by atoms with Gasteiger partial charge in [0, 0.05) is 5.56 Å². The first kappa shape index (κ1) is 22.6. The van der Waals surface area contributed by atoms with Crippen molar-refractivity contribution in [3.8, 4) is 23.8 Å². The minimum absolute atomic E-state index is 0.0831. The summed E-state index contributed by atoms with van der Waals surface area (Å²) < 4.78 is 38.3. The van der Waals surface area contributed by atoms with Crippen LogP contribution in [-0.4, -0.2) is 38.4 Å². The summed E-state index contributed by atoms with van der Waals surface area (Å²) in [6.07, 6.45) is 5.55. The van der Waals surface area contributed by atoms with E-state index < -0.39 is 21.0 Å². The Labute approximate surface area is 184 Å². The first-order chi connectivity index (χ1) is 14.7. The molecular weight excluding hydrogens is 436 g/mol. The van der Waals surface area contributed by atoms with Crippen LogP contribution in [0.3, 0.4) is 0 Å². The lowest BCUT2D eigenvalue weighted by Crippen LogP contribution is -2.17. The number of carbonyl (C=O) groups is 1. The fourth-order valence-corrected chi connectivity index (χ4v) is 5.25. The minimum Gasteiger partial charge on any atom is -0.495 e. The molecule has 0 saturated heterocycles. The number of carbonyl (C=O) groups excluding carboxylic acids is 1. The Hall–Kier alpha value is -3.09. The number of fused-ring (bicyclic) bond motifs is 1. The van der Waals surface area contributed by atoms with E-state index in [-0.39, 0.29) is 17.0 Å². The van der Waals surface area contributed by atoms with Crippen LogP contribution < -0.4 is 14.3 Å². The smallest absolute Gasteiger partial charge is 0.279 e. The average Bonchev–Trinajstić information content (AvgIpc) is 3.11. The molecule has 0 unspecified atom stereocenters. The molecular formula is C22H22N2O5S2. The Morgan fingerprint density at radius 3 is 2.48 bits per heavy atom. The molecule has 7 nitrogen and oxygen atoms in total. The quantitative estimate of drug-likeness (QED) is 0.529. The van der Waals surface area contributed by atoms with Crippen molar-refractivity contribution >= 4 is 37.3 Å². The molecule has 3 aromatic rings. The lowest BCUT2D eigenvalue weighted by Gasteiger charge is -2.08. The van der Waals surface area contributed by atoms with Gasteiger partial charge in [-0.2, -0.15) is 4.99 Å². The highest BCUT2D eigenvalue weighted by Gasteiger charge is 2.21. The minimum atomic E-state index is -3.52. The summed E-state index contributed by atoms with van der Waals surface area (Å²) >= 11 is 1.24.